The average Bonchev–Trinajstić information content (AvgIpc) is 2.69. The van der Waals surface area contributed by atoms with Crippen LogP contribution in [0.4, 0.5) is 5.82 Å². The van der Waals surface area contributed by atoms with Crippen LogP contribution in [0, 0.1) is 0 Å². The van der Waals surface area contributed by atoms with E-state index in [0.717, 1.165) is 24.9 Å². The van der Waals surface area contributed by atoms with Gasteiger partial charge in [-0.1, -0.05) is 19.4 Å². The van der Waals surface area contributed by atoms with Gasteiger partial charge in [0.05, 0.1) is 14.2 Å². The normalized spacial score (nSPS) is 10.3. The molecule has 0 fully saturated rings. The number of anilines is 1. The smallest absolute Gasteiger partial charge is 0.253 e. The Kier molecular flexibility index (Phi) is 7.26. The van der Waals surface area contributed by atoms with Crippen molar-refractivity contribution in [3.63, 3.8) is 0 Å². The summed E-state index contributed by atoms with van der Waals surface area (Å²) in [6, 6.07) is 9.27. The number of ether oxygens (including phenoxy) is 2. The Labute approximate surface area is 155 Å². The first-order chi connectivity index (χ1) is 12.6. The third-order valence-corrected chi connectivity index (χ3v) is 4.12. The Hall–Kier alpha value is -2.76. The lowest BCUT2D eigenvalue weighted by atomic mass is 10.2. The fourth-order valence-corrected chi connectivity index (χ4v) is 2.56. The lowest BCUT2D eigenvalue weighted by Crippen LogP contribution is -2.27. The molecule has 26 heavy (non-hydrogen) atoms. The second-order valence-corrected chi connectivity index (χ2v) is 6.05. The van der Waals surface area contributed by atoms with Crippen molar-refractivity contribution >= 4 is 11.7 Å². The fourth-order valence-electron chi connectivity index (χ4n) is 2.56. The number of amides is 1. The molecule has 0 aliphatic heterocycles. The van der Waals surface area contributed by atoms with E-state index in [1.165, 1.54) is 0 Å². The van der Waals surface area contributed by atoms with Crippen molar-refractivity contribution < 1.29 is 14.3 Å². The summed E-state index contributed by atoms with van der Waals surface area (Å²) < 4.78 is 10.6. The number of unbranched alkanes of at least 4 members (excludes halogenated alkanes) is 1. The summed E-state index contributed by atoms with van der Waals surface area (Å²) in [4.78, 5) is 18.5. The molecular formula is C20H27N3O3. The van der Waals surface area contributed by atoms with Crippen LogP contribution < -0.4 is 14.8 Å². The minimum atomic E-state index is 0.00927. The van der Waals surface area contributed by atoms with E-state index in [1.54, 1.807) is 37.4 Å². The van der Waals surface area contributed by atoms with Crippen LogP contribution in [-0.4, -0.2) is 43.6 Å². The molecule has 0 aliphatic rings. The molecule has 2 rings (SSSR count). The van der Waals surface area contributed by atoms with E-state index < -0.39 is 0 Å². The van der Waals surface area contributed by atoms with Crippen LogP contribution in [-0.2, 0) is 6.54 Å². The molecule has 1 aromatic carbocycles. The van der Waals surface area contributed by atoms with Crippen molar-refractivity contribution in [2.45, 2.75) is 26.3 Å². The lowest BCUT2D eigenvalue weighted by molar-refractivity contribution is 0.0793. The maximum Gasteiger partial charge on any atom is 0.253 e. The van der Waals surface area contributed by atoms with Gasteiger partial charge in [-0.2, -0.15) is 0 Å². The molecule has 0 bridgehead atoms. The van der Waals surface area contributed by atoms with Crippen LogP contribution >= 0.6 is 0 Å². The van der Waals surface area contributed by atoms with Crippen LogP contribution in [0.5, 0.6) is 11.5 Å². The molecule has 1 amide bonds. The van der Waals surface area contributed by atoms with Crippen molar-refractivity contribution in [1.82, 2.24) is 9.88 Å². The molecule has 140 valence electrons. The summed E-state index contributed by atoms with van der Waals surface area (Å²) in [6.07, 6.45) is 3.71. The van der Waals surface area contributed by atoms with E-state index in [2.05, 4.69) is 17.2 Å². The molecule has 0 spiro atoms. The average molecular weight is 357 g/mol. The number of hydrogen-bond acceptors (Lipinski definition) is 5. The third-order valence-electron chi connectivity index (χ3n) is 4.12. The molecule has 0 radical (unpaired) electrons. The summed E-state index contributed by atoms with van der Waals surface area (Å²) in [6.45, 7) is 3.43. The van der Waals surface area contributed by atoms with E-state index >= 15 is 0 Å². The van der Waals surface area contributed by atoms with Crippen LogP contribution in [0.2, 0.25) is 0 Å². The highest BCUT2D eigenvalue weighted by Gasteiger charge is 2.12. The number of nitrogens with one attached hydrogen (secondary N) is 1. The van der Waals surface area contributed by atoms with Crippen LogP contribution in [0.1, 0.15) is 35.7 Å². The van der Waals surface area contributed by atoms with Crippen LogP contribution in [0.25, 0.3) is 0 Å². The first-order valence-electron chi connectivity index (χ1n) is 8.75. The molecule has 2 aromatic rings. The fraction of sp³-hybridized carbons (Fsp3) is 0.400. The van der Waals surface area contributed by atoms with E-state index in [0.29, 0.717) is 29.4 Å². The quantitative estimate of drug-likeness (QED) is 0.743. The molecule has 1 N–H and O–H groups in total. The van der Waals surface area contributed by atoms with Crippen molar-refractivity contribution in [2.75, 3.05) is 33.1 Å². The van der Waals surface area contributed by atoms with Crippen molar-refractivity contribution in [2.24, 2.45) is 0 Å². The number of aromatic nitrogens is 1. The molecule has 0 saturated heterocycles. The van der Waals surface area contributed by atoms with Crippen LogP contribution in [0.3, 0.4) is 0 Å². The first-order valence-corrected chi connectivity index (χ1v) is 8.75. The highest BCUT2D eigenvalue weighted by atomic mass is 16.5. The molecular weight excluding hydrogens is 330 g/mol. The summed E-state index contributed by atoms with van der Waals surface area (Å²) in [5.74, 6) is 2.04. The third kappa shape index (κ3) is 5.12. The highest BCUT2D eigenvalue weighted by Crippen LogP contribution is 2.27. The predicted molar refractivity (Wildman–Crippen MR) is 103 cm³/mol. The molecule has 0 unspecified atom stereocenters. The monoisotopic (exact) mass is 357 g/mol. The Morgan fingerprint density at radius 3 is 2.62 bits per heavy atom. The molecule has 6 nitrogen and oxygen atoms in total. The zero-order valence-electron chi connectivity index (χ0n) is 15.9. The van der Waals surface area contributed by atoms with Crippen LogP contribution in [0.15, 0.2) is 36.5 Å². The van der Waals surface area contributed by atoms with Crippen molar-refractivity contribution in [3.8, 4) is 11.5 Å². The summed E-state index contributed by atoms with van der Waals surface area (Å²) in [7, 11) is 5.05. The predicted octanol–water partition coefficient (Wildman–Crippen LogP) is 3.58. The first kappa shape index (κ1) is 19.6. The Bertz CT molecular complexity index is 734. The Morgan fingerprint density at radius 1 is 1.15 bits per heavy atom. The SMILES string of the molecule is CCCCN(C)C(=O)c1ccnc(NCc2ccc(OC)c(OC)c2)c1. The Balaban J connectivity index is 2.03. The number of hydrogen-bond donors (Lipinski definition) is 1. The molecule has 0 atom stereocenters. The topological polar surface area (TPSA) is 63.7 Å². The minimum absolute atomic E-state index is 0.00927. The molecule has 1 aromatic heterocycles. The van der Waals surface area contributed by atoms with Gasteiger partial charge in [-0.25, -0.2) is 4.98 Å². The van der Waals surface area contributed by atoms with E-state index in [4.69, 9.17) is 9.47 Å². The highest BCUT2D eigenvalue weighted by molar-refractivity contribution is 5.94. The molecule has 0 aliphatic carbocycles. The summed E-state index contributed by atoms with van der Waals surface area (Å²) >= 11 is 0. The number of carbonyl (C=O) groups excluding carboxylic acids is 1. The minimum Gasteiger partial charge on any atom is -0.493 e. The summed E-state index contributed by atoms with van der Waals surface area (Å²) in [5, 5.41) is 3.25. The number of nitrogens with zero attached hydrogens (tertiary/aromatic N) is 2. The second kappa shape index (κ2) is 9.65. The number of methoxy groups -OCH3 is 2. The van der Waals surface area contributed by atoms with Gasteiger partial charge in [-0.05, 0) is 36.2 Å². The number of benzene rings is 1. The number of carbonyl (C=O) groups is 1. The van der Waals surface area contributed by atoms with Crippen molar-refractivity contribution in [3.05, 3.63) is 47.7 Å². The number of pyridine rings is 1. The zero-order valence-corrected chi connectivity index (χ0v) is 15.9. The largest absolute Gasteiger partial charge is 0.493 e. The van der Waals surface area contributed by atoms with Gasteiger partial charge in [-0.15, -0.1) is 0 Å². The maximum absolute atomic E-state index is 12.5. The zero-order chi connectivity index (χ0) is 18.9. The van der Waals surface area contributed by atoms with E-state index in [1.807, 2.05) is 25.2 Å². The molecule has 0 saturated carbocycles. The lowest BCUT2D eigenvalue weighted by Gasteiger charge is -2.17. The second-order valence-electron chi connectivity index (χ2n) is 6.05. The van der Waals surface area contributed by atoms with Gasteiger partial charge in [0.25, 0.3) is 5.91 Å². The number of rotatable bonds is 9. The van der Waals surface area contributed by atoms with Gasteiger partial charge in [-0.3, -0.25) is 4.79 Å². The van der Waals surface area contributed by atoms with Gasteiger partial charge >= 0.3 is 0 Å². The standard InChI is InChI=1S/C20H27N3O3/c1-5-6-11-23(2)20(24)16-9-10-21-19(13-16)22-14-15-7-8-17(25-3)18(12-15)26-4/h7-10,12-13H,5-6,11,14H2,1-4H3,(H,21,22). The molecule has 6 heteroatoms. The van der Waals surface area contributed by atoms with E-state index in [9.17, 15) is 4.79 Å². The van der Waals surface area contributed by atoms with Gasteiger partial charge in [0.15, 0.2) is 11.5 Å². The van der Waals surface area contributed by atoms with Gasteiger partial charge in [0.1, 0.15) is 5.82 Å². The van der Waals surface area contributed by atoms with Crippen molar-refractivity contribution in [1.29, 1.82) is 0 Å². The molecule has 1 heterocycles. The van der Waals surface area contributed by atoms with Gasteiger partial charge in [0.2, 0.25) is 0 Å². The Morgan fingerprint density at radius 2 is 1.92 bits per heavy atom. The van der Waals surface area contributed by atoms with Gasteiger partial charge < -0.3 is 19.7 Å². The maximum atomic E-state index is 12.5. The van der Waals surface area contributed by atoms with Gasteiger partial charge in [0, 0.05) is 31.9 Å². The summed E-state index contributed by atoms with van der Waals surface area (Å²) in [5.41, 5.74) is 1.66. The van der Waals surface area contributed by atoms with E-state index in [-0.39, 0.29) is 5.91 Å².